The van der Waals surface area contributed by atoms with E-state index in [0.717, 1.165) is 19.6 Å². The van der Waals surface area contributed by atoms with Gasteiger partial charge in [0.2, 0.25) is 0 Å². The fourth-order valence-electron chi connectivity index (χ4n) is 1.99. The van der Waals surface area contributed by atoms with E-state index >= 15 is 0 Å². The standard InChI is InChI=1S/C12H26N2O2S/c1-11(2,3)17(15,16)9-8-14-7-6-13-12(4,5)10-14/h13H,6-10H2,1-5H3. The zero-order chi connectivity index (χ0) is 13.3. The number of nitrogens with one attached hydrogen (secondary N) is 1. The number of sulfone groups is 1. The van der Waals surface area contributed by atoms with Crippen LogP contribution in [0, 0.1) is 0 Å². The monoisotopic (exact) mass is 262 g/mol. The third kappa shape index (κ3) is 4.23. The number of rotatable bonds is 3. The minimum Gasteiger partial charge on any atom is -0.309 e. The van der Waals surface area contributed by atoms with Gasteiger partial charge >= 0.3 is 0 Å². The maximum absolute atomic E-state index is 12.0. The fourth-order valence-corrected chi connectivity index (χ4v) is 3.10. The van der Waals surface area contributed by atoms with E-state index in [4.69, 9.17) is 0 Å². The summed E-state index contributed by atoms with van der Waals surface area (Å²) in [7, 11) is -3.00. The van der Waals surface area contributed by atoms with E-state index in [1.807, 2.05) is 0 Å². The lowest BCUT2D eigenvalue weighted by Gasteiger charge is -2.39. The molecule has 0 amide bonds. The third-order valence-electron chi connectivity index (χ3n) is 3.26. The summed E-state index contributed by atoms with van der Waals surface area (Å²) in [5, 5.41) is 3.42. The molecule has 0 atom stereocenters. The first-order valence-electron chi connectivity index (χ1n) is 6.23. The zero-order valence-electron chi connectivity index (χ0n) is 11.7. The molecule has 0 saturated carbocycles. The lowest BCUT2D eigenvalue weighted by atomic mass is 10.0. The van der Waals surface area contributed by atoms with Crippen molar-refractivity contribution in [3.8, 4) is 0 Å². The van der Waals surface area contributed by atoms with Crippen molar-refractivity contribution in [1.29, 1.82) is 0 Å². The average Bonchev–Trinajstić information content (AvgIpc) is 2.11. The molecule has 1 fully saturated rings. The van der Waals surface area contributed by atoms with Gasteiger partial charge in [-0.2, -0.15) is 0 Å². The van der Waals surface area contributed by atoms with E-state index in [1.54, 1.807) is 20.8 Å². The van der Waals surface area contributed by atoms with Crippen molar-refractivity contribution in [2.45, 2.75) is 44.9 Å². The maximum Gasteiger partial charge on any atom is 0.156 e. The first-order valence-corrected chi connectivity index (χ1v) is 7.88. The molecular formula is C12H26N2O2S. The highest BCUT2D eigenvalue weighted by molar-refractivity contribution is 7.92. The van der Waals surface area contributed by atoms with Gasteiger partial charge in [-0.15, -0.1) is 0 Å². The predicted octanol–water partition coefficient (Wildman–Crippen LogP) is 0.884. The van der Waals surface area contributed by atoms with Gasteiger partial charge in [-0.1, -0.05) is 0 Å². The molecule has 0 aliphatic carbocycles. The van der Waals surface area contributed by atoms with Crippen LogP contribution in [-0.2, 0) is 9.84 Å². The van der Waals surface area contributed by atoms with Crippen LogP contribution in [0.1, 0.15) is 34.6 Å². The van der Waals surface area contributed by atoms with Crippen molar-refractivity contribution >= 4 is 9.84 Å². The molecule has 0 bridgehead atoms. The maximum atomic E-state index is 12.0. The Morgan fingerprint density at radius 1 is 1.29 bits per heavy atom. The Labute approximate surface area is 106 Å². The van der Waals surface area contributed by atoms with Gasteiger partial charge in [-0.05, 0) is 34.6 Å². The van der Waals surface area contributed by atoms with Crippen molar-refractivity contribution in [1.82, 2.24) is 10.2 Å². The minimum absolute atomic E-state index is 0.0870. The highest BCUT2D eigenvalue weighted by atomic mass is 32.2. The number of piperazine rings is 1. The molecule has 0 radical (unpaired) electrons. The van der Waals surface area contributed by atoms with Crippen molar-refractivity contribution in [2.75, 3.05) is 31.9 Å². The molecule has 0 aromatic heterocycles. The van der Waals surface area contributed by atoms with Gasteiger partial charge < -0.3 is 5.32 Å². The van der Waals surface area contributed by atoms with Gasteiger partial charge in [-0.3, -0.25) is 4.90 Å². The zero-order valence-corrected chi connectivity index (χ0v) is 12.5. The van der Waals surface area contributed by atoms with Crippen LogP contribution in [0.4, 0.5) is 0 Å². The summed E-state index contributed by atoms with van der Waals surface area (Å²) in [6, 6.07) is 0. The molecule has 102 valence electrons. The molecule has 1 aliphatic rings. The van der Waals surface area contributed by atoms with E-state index in [9.17, 15) is 8.42 Å². The molecule has 0 unspecified atom stereocenters. The Kier molecular flexibility index (Phi) is 4.27. The van der Waals surface area contributed by atoms with Crippen LogP contribution in [0.15, 0.2) is 0 Å². The molecule has 0 spiro atoms. The van der Waals surface area contributed by atoms with Gasteiger partial charge in [0.05, 0.1) is 10.5 Å². The molecule has 17 heavy (non-hydrogen) atoms. The Balaban J connectivity index is 2.52. The highest BCUT2D eigenvalue weighted by Gasteiger charge is 2.31. The van der Waals surface area contributed by atoms with Crippen LogP contribution in [0.5, 0.6) is 0 Å². The smallest absolute Gasteiger partial charge is 0.156 e. The first-order chi connectivity index (χ1) is 7.54. The normalized spacial score (nSPS) is 22.6. The van der Waals surface area contributed by atoms with Crippen LogP contribution in [-0.4, -0.2) is 55.5 Å². The molecule has 0 aromatic rings. The van der Waals surface area contributed by atoms with Crippen molar-refractivity contribution < 1.29 is 8.42 Å². The average molecular weight is 262 g/mol. The van der Waals surface area contributed by atoms with Crippen LogP contribution >= 0.6 is 0 Å². The lowest BCUT2D eigenvalue weighted by Crippen LogP contribution is -2.57. The van der Waals surface area contributed by atoms with Gasteiger partial charge in [0.25, 0.3) is 0 Å². The molecule has 1 saturated heterocycles. The number of nitrogens with zero attached hydrogens (tertiary/aromatic N) is 1. The van der Waals surface area contributed by atoms with Crippen LogP contribution < -0.4 is 5.32 Å². The van der Waals surface area contributed by atoms with Crippen molar-refractivity contribution in [2.24, 2.45) is 0 Å². The fraction of sp³-hybridized carbons (Fsp3) is 1.00. The van der Waals surface area contributed by atoms with E-state index < -0.39 is 14.6 Å². The summed E-state index contributed by atoms with van der Waals surface area (Å²) in [6.07, 6.45) is 0. The van der Waals surface area contributed by atoms with E-state index in [-0.39, 0.29) is 11.3 Å². The number of hydrogen-bond acceptors (Lipinski definition) is 4. The Morgan fingerprint density at radius 3 is 2.35 bits per heavy atom. The van der Waals surface area contributed by atoms with Crippen LogP contribution in [0.25, 0.3) is 0 Å². The molecule has 1 rings (SSSR count). The summed E-state index contributed by atoms with van der Waals surface area (Å²) in [5.74, 6) is 0.257. The Morgan fingerprint density at radius 2 is 1.88 bits per heavy atom. The quantitative estimate of drug-likeness (QED) is 0.820. The minimum atomic E-state index is -3.00. The second-order valence-corrected chi connectivity index (χ2v) is 9.38. The summed E-state index contributed by atoms with van der Waals surface area (Å²) in [5.41, 5.74) is 0.0870. The highest BCUT2D eigenvalue weighted by Crippen LogP contribution is 2.17. The van der Waals surface area contributed by atoms with Gasteiger partial charge in [0, 0.05) is 31.7 Å². The van der Waals surface area contributed by atoms with E-state index in [2.05, 4.69) is 24.1 Å². The van der Waals surface area contributed by atoms with E-state index in [0.29, 0.717) is 6.54 Å². The third-order valence-corrected chi connectivity index (χ3v) is 5.85. The molecule has 0 aromatic carbocycles. The second kappa shape index (κ2) is 4.86. The van der Waals surface area contributed by atoms with Gasteiger partial charge in [-0.25, -0.2) is 8.42 Å². The summed E-state index contributed by atoms with van der Waals surface area (Å²) >= 11 is 0. The molecule has 1 aliphatic heterocycles. The lowest BCUT2D eigenvalue weighted by molar-refractivity contribution is 0.162. The van der Waals surface area contributed by atoms with Crippen molar-refractivity contribution in [3.05, 3.63) is 0 Å². The largest absolute Gasteiger partial charge is 0.309 e. The first kappa shape index (κ1) is 14.9. The SMILES string of the molecule is CC1(C)CN(CCS(=O)(=O)C(C)(C)C)CCN1. The topological polar surface area (TPSA) is 49.4 Å². The molecular weight excluding hydrogens is 236 g/mol. The van der Waals surface area contributed by atoms with Crippen molar-refractivity contribution in [3.63, 3.8) is 0 Å². The number of hydrogen-bond donors (Lipinski definition) is 1. The molecule has 1 N–H and O–H groups in total. The molecule has 1 heterocycles. The second-order valence-electron chi connectivity index (χ2n) is 6.52. The van der Waals surface area contributed by atoms with Gasteiger partial charge in [0.1, 0.15) is 0 Å². The summed E-state index contributed by atoms with van der Waals surface area (Å²) in [4.78, 5) is 2.24. The molecule has 5 heteroatoms. The summed E-state index contributed by atoms with van der Waals surface area (Å²) < 4.78 is 23.4. The Bertz CT molecular complexity index is 355. The predicted molar refractivity (Wildman–Crippen MR) is 72.1 cm³/mol. The van der Waals surface area contributed by atoms with Crippen LogP contribution in [0.2, 0.25) is 0 Å². The van der Waals surface area contributed by atoms with Gasteiger partial charge in [0.15, 0.2) is 9.84 Å². The molecule has 4 nitrogen and oxygen atoms in total. The van der Waals surface area contributed by atoms with Crippen LogP contribution in [0.3, 0.4) is 0 Å². The Hall–Kier alpha value is -0.130. The van der Waals surface area contributed by atoms with E-state index in [1.165, 1.54) is 0 Å². The summed E-state index contributed by atoms with van der Waals surface area (Å²) in [6.45, 7) is 13.0.